The highest BCUT2D eigenvalue weighted by molar-refractivity contribution is 6.30. The van der Waals surface area contributed by atoms with Crippen LogP contribution in [-0.2, 0) is 11.2 Å². The number of carboxylic acids is 1. The fraction of sp³-hybridized carbons (Fsp3) is 0.0588. The number of halogens is 1. The van der Waals surface area contributed by atoms with Crippen molar-refractivity contribution in [2.45, 2.75) is 6.42 Å². The maximum absolute atomic E-state index is 10.9. The smallest absolute Gasteiger partial charge is 0.312 e. The van der Waals surface area contributed by atoms with Gasteiger partial charge in [-0.25, -0.2) is 4.98 Å². The number of hydrogen-bond acceptors (Lipinski definition) is 3. The van der Waals surface area contributed by atoms with Gasteiger partial charge in [-0.3, -0.25) is 4.79 Å². The third kappa shape index (κ3) is 3.02. The summed E-state index contributed by atoms with van der Waals surface area (Å²) in [5.41, 5.74) is 2.29. The van der Waals surface area contributed by atoms with Gasteiger partial charge in [0.15, 0.2) is 5.76 Å². The second kappa shape index (κ2) is 6.03. The molecule has 0 fully saturated rings. The zero-order chi connectivity index (χ0) is 15.5. The van der Waals surface area contributed by atoms with Crippen LogP contribution in [-0.4, -0.2) is 16.1 Å². The molecular weight excluding hydrogens is 302 g/mol. The van der Waals surface area contributed by atoms with Crippen LogP contribution in [0.25, 0.3) is 22.6 Å². The molecule has 0 spiro atoms. The van der Waals surface area contributed by atoms with Crippen molar-refractivity contribution in [2.24, 2.45) is 0 Å². The lowest BCUT2D eigenvalue weighted by atomic mass is 10.1. The number of benzene rings is 2. The molecule has 3 aromatic rings. The van der Waals surface area contributed by atoms with Crippen molar-refractivity contribution in [3.8, 4) is 22.6 Å². The topological polar surface area (TPSA) is 63.3 Å². The van der Waals surface area contributed by atoms with E-state index in [1.807, 2.05) is 42.5 Å². The highest BCUT2D eigenvalue weighted by Gasteiger charge is 2.18. The summed E-state index contributed by atoms with van der Waals surface area (Å²) in [4.78, 5) is 15.2. The predicted octanol–water partition coefficient (Wildman–Crippen LogP) is 4.29. The molecule has 1 heterocycles. The van der Waals surface area contributed by atoms with Crippen LogP contribution in [0, 0.1) is 0 Å². The molecule has 110 valence electrons. The summed E-state index contributed by atoms with van der Waals surface area (Å²) in [7, 11) is 0. The Balaban J connectivity index is 2.12. The summed E-state index contributed by atoms with van der Waals surface area (Å²) in [6.45, 7) is 0. The van der Waals surface area contributed by atoms with Gasteiger partial charge in [0, 0.05) is 16.1 Å². The molecule has 0 radical (unpaired) electrons. The van der Waals surface area contributed by atoms with Crippen molar-refractivity contribution >= 4 is 17.6 Å². The van der Waals surface area contributed by atoms with Gasteiger partial charge in [0.1, 0.15) is 12.1 Å². The molecule has 0 aliphatic carbocycles. The number of rotatable bonds is 4. The molecule has 0 saturated heterocycles. The maximum Gasteiger partial charge on any atom is 0.312 e. The quantitative estimate of drug-likeness (QED) is 0.780. The van der Waals surface area contributed by atoms with Gasteiger partial charge in [0.25, 0.3) is 0 Å². The number of oxazole rings is 1. The Labute approximate surface area is 132 Å². The first-order chi connectivity index (χ1) is 10.6. The Hall–Kier alpha value is -2.59. The largest absolute Gasteiger partial charge is 0.481 e. The minimum absolute atomic E-state index is 0.177. The van der Waals surface area contributed by atoms with Crippen LogP contribution in [0.3, 0.4) is 0 Å². The molecule has 2 aromatic carbocycles. The minimum Gasteiger partial charge on any atom is -0.481 e. The van der Waals surface area contributed by atoms with Gasteiger partial charge < -0.3 is 9.52 Å². The van der Waals surface area contributed by atoms with Crippen LogP contribution >= 0.6 is 11.6 Å². The fourth-order valence-corrected chi connectivity index (χ4v) is 2.28. The SMILES string of the molecule is O=C(O)Cc1nc(-c2ccccc2)c(-c2ccc(Cl)cc2)o1. The summed E-state index contributed by atoms with van der Waals surface area (Å²) in [5, 5.41) is 9.55. The summed E-state index contributed by atoms with van der Waals surface area (Å²) >= 11 is 5.91. The van der Waals surface area contributed by atoms with Gasteiger partial charge in [-0.2, -0.15) is 0 Å². The first kappa shape index (κ1) is 14.4. The third-order valence-corrected chi connectivity index (χ3v) is 3.38. The van der Waals surface area contributed by atoms with E-state index in [1.165, 1.54) is 0 Å². The van der Waals surface area contributed by atoms with Crippen molar-refractivity contribution in [2.75, 3.05) is 0 Å². The van der Waals surface area contributed by atoms with Gasteiger partial charge in [-0.05, 0) is 24.3 Å². The number of carboxylic acid groups (broad SMARTS) is 1. The number of carbonyl (C=O) groups is 1. The van der Waals surface area contributed by atoms with E-state index in [2.05, 4.69) is 4.98 Å². The zero-order valence-electron chi connectivity index (χ0n) is 11.5. The summed E-state index contributed by atoms with van der Waals surface area (Å²) < 4.78 is 5.67. The second-order valence-corrected chi connectivity index (χ2v) is 5.17. The van der Waals surface area contributed by atoms with Crippen molar-refractivity contribution < 1.29 is 14.3 Å². The maximum atomic E-state index is 10.9. The Morgan fingerprint density at radius 1 is 1.05 bits per heavy atom. The summed E-state index contributed by atoms with van der Waals surface area (Å²) in [5.74, 6) is -0.265. The number of aromatic nitrogens is 1. The van der Waals surface area contributed by atoms with Gasteiger partial charge in [-0.1, -0.05) is 41.9 Å². The Bertz CT molecular complexity index is 795. The molecule has 3 rings (SSSR count). The third-order valence-electron chi connectivity index (χ3n) is 3.13. The van der Waals surface area contributed by atoms with Crippen molar-refractivity contribution in [1.82, 2.24) is 4.98 Å². The Morgan fingerprint density at radius 2 is 1.73 bits per heavy atom. The number of aliphatic carboxylic acids is 1. The lowest BCUT2D eigenvalue weighted by molar-refractivity contribution is -0.136. The van der Waals surface area contributed by atoms with E-state index in [1.54, 1.807) is 12.1 Å². The monoisotopic (exact) mass is 313 g/mol. The molecule has 5 heteroatoms. The molecule has 0 amide bonds. The molecule has 1 aromatic heterocycles. The molecule has 0 unspecified atom stereocenters. The molecule has 0 atom stereocenters. The molecule has 4 nitrogen and oxygen atoms in total. The van der Waals surface area contributed by atoms with E-state index < -0.39 is 5.97 Å². The lowest BCUT2D eigenvalue weighted by Crippen LogP contribution is -1.99. The van der Waals surface area contributed by atoms with E-state index in [4.69, 9.17) is 21.1 Å². The van der Waals surface area contributed by atoms with Crippen molar-refractivity contribution in [3.63, 3.8) is 0 Å². The lowest BCUT2D eigenvalue weighted by Gasteiger charge is -2.01. The molecule has 0 bridgehead atoms. The standard InChI is InChI=1S/C17H12ClNO3/c18-13-8-6-12(7-9-13)17-16(11-4-2-1-3-5-11)19-14(22-17)10-15(20)21/h1-9H,10H2,(H,20,21). The van der Waals surface area contributed by atoms with Gasteiger partial charge in [-0.15, -0.1) is 0 Å². The molecule has 0 saturated carbocycles. The fourth-order valence-electron chi connectivity index (χ4n) is 2.16. The summed E-state index contributed by atoms with van der Waals surface area (Å²) in [6, 6.07) is 16.7. The van der Waals surface area contributed by atoms with Crippen LogP contribution in [0.2, 0.25) is 5.02 Å². The second-order valence-electron chi connectivity index (χ2n) is 4.73. The van der Waals surface area contributed by atoms with Gasteiger partial charge in [0.05, 0.1) is 0 Å². The molecular formula is C17H12ClNO3. The molecule has 0 aliphatic rings. The van der Waals surface area contributed by atoms with Crippen molar-refractivity contribution in [3.05, 3.63) is 65.5 Å². The van der Waals surface area contributed by atoms with E-state index in [0.717, 1.165) is 11.1 Å². The van der Waals surface area contributed by atoms with Crippen LogP contribution in [0.4, 0.5) is 0 Å². The number of hydrogen-bond donors (Lipinski definition) is 1. The minimum atomic E-state index is -0.983. The molecule has 0 aliphatic heterocycles. The number of nitrogens with zero attached hydrogens (tertiary/aromatic N) is 1. The van der Waals surface area contributed by atoms with Crippen LogP contribution < -0.4 is 0 Å². The van der Waals surface area contributed by atoms with E-state index >= 15 is 0 Å². The predicted molar refractivity (Wildman–Crippen MR) is 83.7 cm³/mol. The Kier molecular flexibility index (Phi) is 3.94. The van der Waals surface area contributed by atoms with E-state index in [9.17, 15) is 4.79 Å². The average molecular weight is 314 g/mol. The molecule has 22 heavy (non-hydrogen) atoms. The van der Waals surface area contributed by atoms with Crippen LogP contribution in [0.1, 0.15) is 5.89 Å². The van der Waals surface area contributed by atoms with Crippen molar-refractivity contribution in [1.29, 1.82) is 0 Å². The Morgan fingerprint density at radius 3 is 2.36 bits per heavy atom. The first-order valence-corrected chi connectivity index (χ1v) is 7.04. The average Bonchev–Trinajstić information content (AvgIpc) is 2.92. The van der Waals surface area contributed by atoms with E-state index in [-0.39, 0.29) is 12.3 Å². The van der Waals surface area contributed by atoms with Gasteiger partial charge >= 0.3 is 5.97 Å². The highest BCUT2D eigenvalue weighted by Crippen LogP contribution is 2.33. The normalized spacial score (nSPS) is 10.6. The zero-order valence-corrected chi connectivity index (χ0v) is 12.2. The van der Waals surface area contributed by atoms with Crippen LogP contribution in [0.5, 0.6) is 0 Å². The van der Waals surface area contributed by atoms with Crippen LogP contribution in [0.15, 0.2) is 59.0 Å². The summed E-state index contributed by atoms with van der Waals surface area (Å²) in [6.07, 6.45) is -0.257. The van der Waals surface area contributed by atoms with E-state index in [0.29, 0.717) is 16.5 Å². The molecule has 1 N–H and O–H groups in total. The first-order valence-electron chi connectivity index (χ1n) is 6.66. The van der Waals surface area contributed by atoms with Gasteiger partial charge in [0.2, 0.25) is 5.89 Å². The highest BCUT2D eigenvalue weighted by atomic mass is 35.5.